The molecule has 2 N–H and O–H groups in total. The van der Waals surface area contributed by atoms with E-state index in [1.807, 2.05) is 24.3 Å². The van der Waals surface area contributed by atoms with Gasteiger partial charge in [0.25, 0.3) is 0 Å². The van der Waals surface area contributed by atoms with Gasteiger partial charge in [-0.25, -0.2) is 4.98 Å². The van der Waals surface area contributed by atoms with Crippen molar-refractivity contribution in [3.63, 3.8) is 0 Å². The first-order chi connectivity index (χ1) is 10.8. The van der Waals surface area contributed by atoms with E-state index in [2.05, 4.69) is 33.5 Å². The van der Waals surface area contributed by atoms with Crippen molar-refractivity contribution < 1.29 is 4.21 Å². The molecule has 1 aliphatic rings. The van der Waals surface area contributed by atoms with Crippen LogP contribution in [0.25, 0.3) is 11.0 Å². The summed E-state index contributed by atoms with van der Waals surface area (Å²) in [5.41, 5.74) is 5.39. The minimum atomic E-state index is -1.17. The summed E-state index contributed by atoms with van der Waals surface area (Å²) in [7, 11) is -1.17. The molecular weight excluding hydrogens is 294 g/mol. The third-order valence-electron chi connectivity index (χ3n) is 4.03. The first-order valence-electron chi connectivity index (χ1n) is 7.49. The number of imidazole rings is 1. The largest absolute Gasteiger partial charge is 0.385 e. The number of aromatic nitrogens is 2. The molecule has 0 amide bonds. The van der Waals surface area contributed by atoms with E-state index in [4.69, 9.17) is 0 Å². The third kappa shape index (κ3) is 2.41. The Hall–Kier alpha value is -2.14. The van der Waals surface area contributed by atoms with Crippen molar-refractivity contribution in [1.29, 1.82) is 0 Å². The van der Waals surface area contributed by atoms with Crippen LogP contribution in [-0.2, 0) is 23.0 Å². The fourth-order valence-electron chi connectivity index (χ4n) is 2.95. The molecular formula is C17H17N3OS. The molecule has 112 valence electrons. The van der Waals surface area contributed by atoms with Crippen LogP contribution in [-0.4, -0.2) is 20.7 Å². The van der Waals surface area contributed by atoms with Crippen molar-refractivity contribution in [2.75, 3.05) is 11.9 Å². The molecule has 0 saturated heterocycles. The van der Waals surface area contributed by atoms with Gasteiger partial charge in [0.2, 0.25) is 0 Å². The van der Waals surface area contributed by atoms with Crippen LogP contribution in [0.4, 0.5) is 5.69 Å². The van der Waals surface area contributed by atoms with E-state index < -0.39 is 10.8 Å². The maximum Gasteiger partial charge on any atom is 0.197 e. The Kier molecular flexibility index (Phi) is 3.42. The molecule has 0 saturated carbocycles. The molecule has 0 fully saturated rings. The predicted octanol–water partition coefficient (Wildman–Crippen LogP) is 3.23. The molecule has 5 heteroatoms. The van der Waals surface area contributed by atoms with Crippen LogP contribution in [0.2, 0.25) is 0 Å². The third-order valence-corrected chi connectivity index (χ3v) is 5.23. The van der Waals surface area contributed by atoms with Gasteiger partial charge in [0.1, 0.15) is 0 Å². The maximum atomic E-state index is 12.7. The summed E-state index contributed by atoms with van der Waals surface area (Å²) in [6.07, 6.45) is 2.25. The Morgan fingerprint density at radius 2 is 2.05 bits per heavy atom. The van der Waals surface area contributed by atoms with Gasteiger partial charge in [0.15, 0.2) is 5.16 Å². The average Bonchev–Trinajstić information content (AvgIpc) is 2.99. The quantitative estimate of drug-likeness (QED) is 0.781. The molecule has 1 aliphatic heterocycles. The molecule has 0 spiro atoms. The number of anilines is 1. The van der Waals surface area contributed by atoms with Crippen LogP contribution in [0, 0.1) is 0 Å². The molecule has 0 radical (unpaired) electrons. The number of fused-ring (bicyclic) bond motifs is 2. The van der Waals surface area contributed by atoms with E-state index in [1.165, 1.54) is 11.3 Å². The lowest BCUT2D eigenvalue weighted by Gasteiger charge is -2.20. The van der Waals surface area contributed by atoms with Crippen molar-refractivity contribution in [3.05, 3.63) is 53.6 Å². The lowest BCUT2D eigenvalue weighted by atomic mass is 10.0. The SMILES string of the molecule is O=S(Cc1cccc2c1NCCC2)c1nc2ccccc2[nH]1. The first kappa shape index (κ1) is 13.5. The second kappa shape index (κ2) is 5.57. The lowest BCUT2D eigenvalue weighted by molar-refractivity contribution is 0.677. The Balaban J connectivity index is 1.64. The number of hydrogen-bond acceptors (Lipinski definition) is 3. The van der Waals surface area contributed by atoms with Gasteiger partial charge in [-0.1, -0.05) is 30.3 Å². The number of para-hydroxylation sites is 3. The highest BCUT2D eigenvalue weighted by molar-refractivity contribution is 7.84. The predicted molar refractivity (Wildman–Crippen MR) is 89.5 cm³/mol. The molecule has 4 nitrogen and oxygen atoms in total. The van der Waals surface area contributed by atoms with Gasteiger partial charge in [0, 0.05) is 12.2 Å². The van der Waals surface area contributed by atoms with Crippen molar-refractivity contribution in [2.45, 2.75) is 23.8 Å². The minimum Gasteiger partial charge on any atom is -0.385 e. The number of H-pyrrole nitrogens is 1. The molecule has 2 heterocycles. The summed E-state index contributed by atoms with van der Waals surface area (Å²) in [6.45, 7) is 0.987. The van der Waals surface area contributed by atoms with Crippen molar-refractivity contribution in [1.82, 2.24) is 9.97 Å². The van der Waals surface area contributed by atoms with Crippen molar-refractivity contribution in [2.24, 2.45) is 0 Å². The van der Waals surface area contributed by atoms with Gasteiger partial charge in [-0.15, -0.1) is 0 Å². The van der Waals surface area contributed by atoms with E-state index in [0.717, 1.165) is 36.0 Å². The van der Waals surface area contributed by atoms with Gasteiger partial charge >= 0.3 is 0 Å². The van der Waals surface area contributed by atoms with Crippen molar-refractivity contribution in [3.8, 4) is 0 Å². The summed E-state index contributed by atoms with van der Waals surface area (Å²) in [5.74, 6) is 0.482. The van der Waals surface area contributed by atoms with Crippen LogP contribution in [0.1, 0.15) is 17.5 Å². The van der Waals surface area contributed by atoms with E-state index >= 15 is 0 Å². The zero-order chi connectivity index (χ0) is 14.9. The van der Waals surface area contributed by atoms with Crippen LogP contribution in [0.3, 0.4) is 0 Å². The fraction of sp³-hybridized carbons (Fsp3) is 0.235. The molecule has 0 bridgehead atoms. The van der Waals surface area contributed by atoms with Crippen LogP contribution in [0.15, 0.2) is 47.6 Å². The Morgan fingerprint density at radius 3 is 2.95 bits per heavy atom. The monoisotopic (exact) mass is 311 g/mol. The van der Waals surface area contributed by atoms with Gasteiger partial charge < -0.3 is 10.3 Å². The zero-order valence-electron chi connectivity index (χ0n) is 12.1. The summed E-state index contributed by atoms with van der Waals surface area (Å²) >= 11 is 0. The first-order valence-corrected chi connectivity index (χ1v) is 8.81. The number of aryl methyl sites for hydroxylation is 1. The number of benzene rings is 2. The van der Waals surface area contributed by atoms with Gasteiger partial charge in [-0.3, -0.25) is 4.21 Å². The highest BCUT2D eigenvalue weighted by Gasteiger charge is 2.16. The fourth-order valence-corrected chi connectivity index (χ4v) is 4.03. The molecule has 1 unspecified atom stereocenters. The van der Waals surface area contributed by atoms with Gasteiger partial charge in [0.05, 0.1) is 27.6 Å². The summed E-state index contributed by atoms with van der Waals surface area (Å²) in [5, 5.41) is 4.00. The zero-order valence-corrected chi connectivity index (χ0v) is 13.0. The number of rotatable bonds is 3. The van der Waals surface area contributed by atoms with E-state index in [0.29, 0.717) is 10.9 Å². The molecule has 3 aromatic rings. The number of nitrogens with one attached hydrogen (secondary N) is 2. The van der Waals surface area contributed by atoms with E-state index in [-0.39, 0.29) is 0 Å². The highest BCUT2D eigenvalue weighted by Crippen LogP contribution is 2.28. The standard InChI is InChI=1S/C17H17N3OS/c21-22(17-19-14-8-1-2-9-15(14)20-17)11-13-6-3-5-12-7-4-10-18-16(12)13/h1-3,5-6,8-9,18H,4,7,10-11H2,(H,19,20). The Bertz CT molecular complexity index is 823. The van der Waals surface area contributed by atoms with E-state index in [1.54, 1.807) is 0 Å². The molecule has 0 aliphatic carbocycles. The van der Waals surface area contributed by atoms with Gasteiger partial charge in [-0.2, -0.15) is 0 Å². The Morgan fingerprint density at radius 1 is 1.14 bits per heavy atom. The van der Waals surface area contributed by atoms with Crippen LogP contribution < -0.4 is 5.32 Å². The molecule has 1 aromatic heterocycles. The smallest absolute Gasteiger partial charge is 0.197 e. The van der Waals surface area contributed by atoms with Crippen LogP contribution >= 0.6 is 0 Å². The van der Waals surface area contributed by atoms with Crippen LogP contribution in [0.5, 0.6) is 0 Å². The number of nitrogens with zero attached hydrogens (tertiary/aromatic N) is 1. The number of hydrogen-bond donors (Lipinski definition) is 2. The summed E-state index contributed by atoms with van der Waals surface area (Å²) < 4.78 is 12.7. The second-order valence-electron chi connectivity index (χ2n) is 5.53. The van der Waals surface area contributed by atoms with Gasteiger partial charge in [-0.05, 0) is 36.1 Å². The second-order valence-corrected chi connectivity index (χ2v) is 6.90. The number of aromatic amines is 1. The topological polar surface area (TPSA) is 57.8 Å². The normalized spacial score (nSPS) is 15.3. The molecule has 1 atom stereocenters. The molecule has 4 rings (SSSR count). The highest BCUT2D eigenvalue weighted by atomic mass is 32.2. The maximum absolute atomic E-state index is 12.7. The lowest BCUT2D eigenvalue weighted by Crippen LogP contribution is -2.14. The Labute approximate surface area is 131 Å². The van der Waals surface area contributed by atoms with E-state index in [9.17, 15) is 4.21 Å². The molecule has 22 heavy (non-hydrogen) atoms. The summed E-state index contributed by atoms with van der Waals surface area (Å²) in [4.78, 5) is 7.61. The molecule has 2 aromatic carbocycles. The van der Waals surface area contributed by atoms with Crippen molar-refractivity contribution >= 4 is 27.5 Å². The minimum absolute atomic E-state index is 0.482. The average molecular weight is 311 g/mol. The summed E-state index contributed by atoms with van der Waals surface area (Å²) in [6, 6.07) is 14.0.